The topological polar surface area (TPSA) is 34.4 Å². The number of hydrogen-bond donors (Lipinski definition) is 1. The first-order valence-corrected chi connectivity index (χ1v) is 6.96. The second kappa shape index (κ2) is 6.73. The van der Waals surface area contributed by atoms with Crippen LogP contribution in [0.25, 0.3) is 11.0 Å². The van der Waals surface area contributed by atoms with Crippen molar-refractivity contribution in [3.05, 3.63) is 36.1 Å². The van der Waals surface area contributed by atoms with Gasteiger partial charge in [0.1, 0.15) is 5.58 Å². The van der Waals surface area contributed by atoms with E-state index in [1.54, 1.807) is 7.11 Å². The molecule has 2 rings (SSSR count). The summed E-state index contributed by atoms with van der Waals surface area (Å²) in [6.45, 7) is 6.13. The first-order chi connectivity index (χ1) is 9.27. The molecule has 0 aliphatic heterocycles. The van der Waals surface area contributed by atoms with E-state index in [2.05, 4.69) is 31.3 Å². The predicted octanol–water partition coefficient (Wildman–Crippen LogP) is 3.76. The quantitative estimate of drug-likeness (QED) is 0.824. The van der Waals surface area contributed by atoms with Crippen LogP contribution in [0, 0.1) is 5.92 Å². The zero-order valence-electron chi connectivity index (χ0n) is 12.0. The molecule has 0 fully saturated rings. The van der Waals surface area contributed by atoms with Crippen molar-refractivity contribution in [3.8, 4) is 0 Å². The Morgan fingerprint density at radius 3 is 2.84 bits per heavy atom. The van der Waals surface area contributed by atoms with Crippen LogP contribution < -0.4 is 5.32 Å². The van der Waals surface area contributed by atoms with Gasteiger partial charge in [0.15, 0.2) is 0 Å². The van der Waals surface area contributed by atoms with E-state index >= 15 is 0 Å². The Labute approximate surface area is 114 Å². The van der Waals surface area contributed by atoms with E-state index in [1.807, 2.05) is 18.4 Å². The summed E-state index contributed by atoms with van der Waals surface area (Å²) >= 11 is 0. The molecule has 0 aliphatic carbocycles. The Balaban J connectivity index is 2.27. The molecule has 1 aromatic heterocycles. The Kier molecular flexibility index (Phi) is 5.00. The molecule has 0 bridgehead atoms. The van der Waals surface area contributed by atoms with Gasteiger partial charge in [-0.15, -0.1) is 0 Å². The molecule has 19 heavy (non-hydrogen) atoms. The van der Waals surface area contributed by atoms with E-state index in [0.29, 0.717) is 12.0 Å². The minimum absolute atomic E-state index is 0.309. The highest BCUT2D eigenvalue weighted by molar-refractivity contribution is 5.81. The molecule has 3 nitrogen and oxygen atoms in total. The number of para-hydroxylation sites is 1. The molecular weight excluding hydrogens is 238 g/mol. The molecule has 1 aromatic carbocycles. The second-order valence-corrected chi connectivity index (χ2v) is 4.98. The zero-order chi connectivity index (χ0) is 13.7. The maximum absolute atomic E-state index is 5.66. The standard InChI is InChI=1S/C16H23NO2/c1-4-17-16(12(2)9-10-18-3)14-11-19-15-8-6-5-7-13(14)15/h5-8,11-12,16-17H,4,9-10H2,1-3H3. The maximum atomic E-state index is 5.66. The number of furan rings is 1. The van der Waals surface area contributed by atoms with E-state index in [1.165, 1.54) is 10.9 Å². The SMILES string of the molecule is CCNC(c1coc2ccccc12)C(C)CCOC. The van der Waals surface area contributed by atoms with Crippen LogP contribution in [-0.4, -0.2) is 20.3 Å². The fourth-order valence-electron chi connectivity index (χ4n) is 2.55. The fraction of sp³-hybridized carbons (Fsp3) is 0.500. The Bertz CT molecular complexity index is 506. The third-order valence-electron chi connectivity index (χ3n) is 3.62. The number of ether oxygens (including phenoxy) is 1. The number of fused-ring (bicyclic) bond motifs is 1. The largest absolute Gasteiger partial charge is 0.464 e. The van der Waals surface area contributed by atoms with Gasteiger partial charge >= 0.3 is 0 Å². The Morgan fingerprint density at radius 2 is 2.11 bits per heavy atom. The predicted molar refractivity (Wildman–Crippen MR) is 78.3 cm³/mol. The van der Waals surface area contributed by atoms with Crippen LogP contribution in [0.4, 0.5) is 0 Å². The van der Waals surface area contributed by atoms with Gasteiger partial charge in [-0.3, -0.25) is 0 Å². The molecule has 104 valence electrons. The normalized spacial score (nSPS) is 14.7. The van der Waals surface area contributed by atoms with Gasteiger partial charge in [0.05, 0.1) is 6.26 Å². The first-order valence-electron chi connectivity index (χ1n) is 6.96. The monoisotopic (exact) mass is 261 g/mol. The summed E-state index contributed by atoms with van der Waals surface area (Å²) in [4.78, 5) is 0. The number of benzene rings is 1. The van der Waals surface area contributed by atoms with Gasteiger partial charge in [-0.2, -0.15) is 0 Å². The van der Waals surface area contributed by atoms with Gasteiger partial charge < -0.3 is 14.5 Å². The molecule has 2 atom stereocenters. The Hall–Kier alpha value is -1.32. The van der Waals surface area contributed by atoms with Crippen molar-refractivity contribution in [1.82, 2.24) is 5.32 Å². The van der Waals surface area contributed by atoms with Gasteiger partial charge in [0.2, 0.25) is 0 Å². The molecule has 3 heteroatoms. The number of rotatable bonds is 7. The van der Waals surface area contributed by atoms with Crippen LogP contribution in [0.2, 0.25) is 0 Å². The van der Waals surface area contributed by atoms with Gasteiger partial charge in [0, 0.05) is 30.7 Å². The van der Waals surface area contributed by atoms with Gasteiger partial charge in [-0.25, -0.2) is 0 Å². The van der Waals surface area contributed by atoms with Crippen molar-refractivity contribution in [2.45, 2.75) is 26.3 Å². The van der Waals surface area contributed by atoms with Crippen LogP contribution in [-0.2, 0) is 4.74 Å². The lowest BCUT2D eigenvalue weighted by molar-refractivity contribution is 0.170. The Morgan fingerprint density at radius 1 is 1.32 bits per heavy atom. The molecule has 0 radical (unpaired) electrons. The molecule has 2 unspecified atom stereocenters. The molecular formula is C16H23NO2. The molecule has 0 aliphatic rings. The minimum atomic E-state index is 0.309. The molecule has 2 aromatic rings. The summed E-state index contributed by atoms with van der Waals surface area (Å²) in [5.41, 5.74) is 2.21. The highest BCUT2D eigenvalue weighted by Gasteiger charge is 2.21. The lowest BCUT2D eigenvalue weighted by atomic mass is 9.92. The van der Waals surface area contributed by atoms with Gasteiger partial charge in [0.25, 0.3) is 0 Å². The van der Waals surface area contributed by atoms with Crippen molar-refractivity contribution in [2.24, 2.45) is 5.92 Å². The fourth-order valence-corrected chi connectivity index (χ4v) is 2.55. The lowest BCUT2D eigenvalue weighted by Gasteiger charge is -2.24. The highest BCUT2D eigenvalue weighted by atomic mass is 16.5. The molecule has 0 saturated carbocycles. The van der Waals surface area contributed by atoms with Crippen LogP contribution in [0.5, 0.6) is 0 Å². The zero-order valence-corrected chi connectivity index (χ0v) is 12.0. The smallest absolute Gasteiger partial charge is 0.134 e. The maximum Gasteiger partial charge on any atom is 0.134 e. The van der Waals surface area contributed by atoms with Crippen LogP contribution >= 0.6 is 0 Å². The number of hydrogen-bond acceptors (Lipinski definition) is 3. The third kappa shape index (κ3) is 3.17. The average molecular weight is 261 g/mol. The second-order valence-electron chi connectivity index (χ2n) is 4.98. The van der Waals surface area contributed by atoms with Gasteiger partial charge in [-0.05, 0) is 24.9 Å². The molecule has 1 heterocycles. The summed E-state index contributed by atoms with van der Waals surface area (Å²) in [7, 11) is 1.75. The summed E-state index contributed by atoms with van der Waals surface area (Å²) in [6.07, 6.45) is 2.93. The average Bonchev–Trinajstić information content (AvgIpc) is 2.86. The third-order valence-corrected chi connectivity index (χ3v) is 3.62. The lowest BCUT2D eigenvalue weighted by Crippen LogP contribution is -2.27. The minimum Gasteiger partial charge on any atom is -0.464 e. The van der Waals surface area contributed by atoms with Crippen LogP contribution in [0.15, 0.2) is 34.9 Å². The summed E-state index contributed by atoms with van der Waals surface area (Å²) < 4.78 is 10.9. The molecule has 0 amide bonds. The first kappa shape index (κ1) is 14.1. The summed E-state index contributed by atoms with van der Waals surface area (Å²) in [5, 5.41) is 4.78. The van der Waals surface area contributed by atoms with Crippen molar-refractivity contribution in [3.63, 3.8) is 0 Å². The molecule has 1 N–H and O–H groups in total. The van der Waals surface area contributed by atoms with Gasteiger partial charge in [-0.1, -0.05) is 32.0 Å². The van der Waals surface area contributed by atoms with E-state index in [-0.39, 0.29) is 0 Å². The van der Waals surface area contributed by atoms with Crippen molar-refractivity contribution in [2.75, 3.05) is 20.3 Å². The van der Waals surface area contributed by atoms with E-state index in [9.17, 15) is 0 Å². The van der Waals surface area contributed by atoms with Crippen molar-refractivity contribution in [1.29, 1.82) is 0 Å². The van der Waals surface area contributed by atoms with Crippen molar-refractivity contribution >= 4 is 11.0 Å². The highest BCUT2D eigenvalue weighted by Crippen LogP contribution is 2.31. The number of nitrogens with one attached hydrogen (secondary N) is 1. The van der Waals surface area contributed by atoms with Crippen molar-refractivity contribution < 1.29 is 9.15 Å². The van der Waals surface area contributed by atoms with E-state index in [0.717, 1.165) is 25.2 Å². The van der Waals surface area contributed by atoms with Crippen LogP contribution in [0.1, 0.15) is 31.9 Å². The summed E-state index contributed by atoms with van der Waals surface area (Å²) in [6, 6.07) is 8.52. The molecule has 0 saturated heterocycles. The van der Waals surface area contributed by atoms with Crippen LogP contribution in [0.3, 0.4) is 0 Å². The summed E-state index contributed by atoms with van der Waals surface area (Å²) in [5.74, 6) is 0.501. The van der Waals surface area contributed by atoms with E-state index in [4.69, 9.17) is 9.15 Å². The molecule has 0 spiro atoms. The number of methoxy groups -OCH3 is 1. The van der Waals surface area contributed by atoms with E-state index < -0.39 is 0 Å².